The SMILES string of the molecule is Cc1ccccc1C(=O)OCC(=O)Nc1ccc(F)c(Cl)c1. The maximum Gasteiger partial charge on any atom is 0.338 e. The van der Waals surface area contributed by atoms with Gasteiger partial charge in [0.2, 0.25) is 0 Å². The molecule has 2 aromatic rings. The lowest BCUT2D eigenvalue weighted by atomic mass is 10.1. The molecule has 22 heavy (non-hydrogen) atoms. The molecule has 0 fully saturated rings. The van der Waals surface area contributed by atoms with E-state index >= 15 is 0 Å². The van der Waals surface area contributed by atoms with E-state index in [0.29, 0.717) is 11.3 Å². The summed E-state index contributed by atoms with van der Waals surface area (Å²) in [5, 5.41) is 2.36. The molecular weight excluding hydrogens is 309 g/mol. The molecule has 0 aliphatic heterocycles. The Kier molecular flexibility index (Phi) is 5.12. The number of aryl methyl sites for hydroxylation is 1. The summed E-state index contributed by atoms with van der Waals surface area (Å²) >= 11 is 5.61. The Balaban J connectivity index is 1.91. The Bertz CT molecular complexity index is 718. The number of carbonyl (C=O) groups excluding carboxylic acids is 2. The first-order valence-electron chi connectivity index (χ1n) is 6.45. The number of hydrogen-bond donors (Lipinski definition) is 1. The second kappa shape index (κ2) is 7.04. The summed E-state index contributed by atoms with van der Waals surface area (Å²) in [6.07, 6.45) is 0. The van der Waals surface area contributed by atoms with Crippen LogP contribution in [0.3, 0.4) is 0 Å². The Morgan fingerprint density at radius 3 is 2.64 bits per heavy atom. The normalized spacial score (nSPS) is 10.1. The van der Waals surface area contributed by atoms with E-state index < -0.39 is 24.3 Å². The van der Waals surface area contributed by atoms with E-state index in [1.807, 2.05) is 0 Å². The highest BCUT2D eigenvalue weighted by Gasteiger charge is 2.12. The van der Waals surface area contributed by atoms with Gasteiger partial charge in [-0.15, -0.1) is 0 Å². The molecule has 0 aliphatic carbocycles. The minimum absolute atomic E-state index is 0.102. The average molecular weight is 322 g/mol. The third-order valence-electron chi connectivity index (χ3n) is 2.90. The minimum Gasteiger partial charge on any atom is -0.452 e. The van der Waals surface area contributed by atoms with Gasteiger partial charge in [-0.2, -0.15) is 0 Å². The Hall–Kier alpha value is -2.40. The lowest BCUT2D eigenvalue weighted by molar-refractivity contribution is -0.119. The van der Waals surface area contributed by atoms with Crippen LogP contribution < -0.4 is 5.32 Å². The molecule has 2 rings (SSSR count). The van der Waals surface area contributed by atoms with Gasteiger partial charge in [0.25, 0.3) is 5.91 Å². The van der Waals surface area contributed by atoms with Gasteiger partial charge in [-0.25, -0.2) is 9.18 Å². The van der Waals surface area contributed by atoms with Crippen molar-refractivity contribution >= 4 is 29.2 Å². The summed E-state index contributed by atoms with van der Waals surface area (Å²) in [5.41, 5.74) is 1.49. The number of rotatable bonds is 4. The topological polar surface area (TPSA) is 55.4 Å². The number of benzene rings is 2. The van der Waals surface area contributed by atoms with Crippen molar-refractivity contribution in [3.05, 3.63) is 64.4 Å². The number of hydrogen-bond acceptors (Lipinski definition) is 3. The summed E-state index contributed by atoms with van der Waals surface area (Å²) in [5.74, 6) is -1.69. The Labute approximate surface area is 131 Å². The fraction of sp³-hybridized carbons (Fsp3) is 0.125. The molecule has 1 N–H and O–H groups in total. The third-order valence-corrected chi connectivity index (χ3v) is 3.19. The molecule has 2 aromatic carbocycles. The van der Waals surface area contributed by atoms with Crippen LogP contribution in [0.1, 0.15) is 15.9 Å². The number of anilines is 1. The molecule has 4 nitrogen and oxygen atoms in total. The molecule has 114 valence electrons. The first-order chi connectivity index (χ1) is 10.5. The summed E-state index contributed by atoms with van der Waals surface area (Å²) < 4.78 is 17.9. The summed E-state index contributed by atoms with van der Waals surface area (Å²) in [6, 6.07) is 10.7. The van der Waals surface area contributed by atoms with Crippen molar-refractivity contribution in [2.24, 2.45) is 0 Å². The molecule has 0 bridgehead atoms. The zero-order valence-electron chi connectivity index (χ0n) is 11.7. The van der Waals surface area contributed by atoms with Gasteiger partial charge >= 0.3 is 5.97 Å². The van der Waals surface area contributed by atoms with Gasteiger partial charge in [-0.05, 0) is 36.8 Å². The predicted octanol–water partition coefficient (Wildman–Crippen LogP) is 3.58. The molecule has 0 saturated carbocycles. The second-order valence-corrected chi connectivity index (χ2v) is 4.98. The van der Waals surface area contributed by atoms with Crippen molar-refractivity contribution < 1.29 is 18.7 Å². The Morgan fingerprint density at radius 1 is 1.23 bits per heavy atom. The summed E-state index contributed by atoms with van der Waals surface area (Å²) in [6.45, 7) is 1.33. The number of halogens is 2. The van der Waals surface area contributed by atoms with E-state index in [-0.39, 0.29) is 5.02 Å². The number of carbonyl (C=O) groups is 2. The molecule has 0 aliphatic rings. The fourth-order valence-corrected chi connectivity index (χ4v) is 1.96. The number of ether oxygens (including phenoxy) is 1. The van der Waals surface area contributed by atoms with E-state index in [1.54, 1.807) is 31.2 Å². The minimum atomic E-state index is -0.578. The summed E-state index contributed by atoms with van der Waals surface area (Å²) in [7, 11) is 0. The van der Waals surface area contributed by atoms with Crippen LogP contribution in [0.5, 0.6) is 0 Å². The lowest BCUT2D eigenvalue weighted by Crippen LogP contribution is -2.21. The van der Waals surface area contributed by atoms with Gasteiger partial charge in [0, 0.05) is 5.69 Å². The van der Waals surface area contributed by atoms with Crippen LogP contribution >= 0.6 is 11.6 Å². The first kappa shape index (κ1) is 16.0. The molecule has 1 amide bonds. The molecule has 0 radical (unpaired) electrons. The maximum atomic E-state index is 13.0. The van der Waals surface area contributed by atoms with Crippen LogP contribution in [-0.4, -0.2) is 18.5 Å². The van der Waals surface area contributed by atoms with Crippen LogP contribution in [0.15, 0.2) is 42.5 Å². The molecule has 6 heteroatoms. The smallest absolute Gasteiger partial charge is 0.338 e. The molecule has 0 saturated heterocycles. The van der Waals surface area contributed by atoms with Crippen molar-refractivity contribution in [2.45, 2.75) is 6.92 Å². The van der Waals surface area contributed by atoms with Gasteiger partial charge in [0.1, 0.15) is 5.82 Å². The van der Waals surface area contributed by atoms with Crippen LogP contribution in [0.2, 0.25) is 5.02 Å². The molecule has 0 spiro atoms. The first-order valence-corrected chi connectivity index (χ1v) is 6.83. The van der Waals surface area contributed by atoms with Crippen LogP contribution in [0.4, 0.5) is 10.1 Å². The number of esters is 1. The zero-order chi connectivity index (χ0) is 16.1. The maximum absolute atomic E-state index is 13.0. The second-order valence-electron chi connectivity index (χ2n) is 4.57. The molecule has 0 atom stereocenters. The van der Waals surface area contributed by atoms with Gasteiger partial charge in [0.15, 0.2) is 6.61 Å². The van der Waals surface area contributed by atoms with Crippen molar-refractivity contribution in [2.75, 3.05) is 11.9 Å². The molecule has 0 unspecified atom stereocenters. The van der Waals surface area contributed by atoms with E-state index in [1.165, 1.54) is 12.1 Å². The standard InChI is InChI=1S/C16H13ClFNO3/c1-10-4-2-3-5-12(10)16(21)22-9-15(20)19-11-6-7-14(18)13(17)8-11/h2-8H,9H2,1H3,(H,19,20). The van der Waals surface area contributed by atoms with Crippen LogP contribution in [0.25, 0.3) is 0 Å². The van der Waals surface area contributed by atoms with E-state index in [9.17, 15) is 14.0 Å². The van der Waals surface area contributed by atoms with E-state index in [0.717, 1.165) is 11.6 Å². The molecule has 0 aromatic heterocycles. The summed E-state index contributed by atoms with van der Waals surface area (Å²) in [4.78, 5) is 23.6. The molecule has 0 heterocycles. The average Bonchev–Trinajstić information content (AvgIpc) is 2.49. The van der Waals surface area contributed by atoms with Gasteiger partial charge in [0.05, 0.1) is 10.6 Å². The van der Waals surface area contributed by atoms with Crippen molar-refractivity contribution in [1.29, 1.82) is 0 Å². The predicted molar refractivity (Wildman–Crippen MR) is 81.5 cm³/mol. The van der Waals surface area contributed by atoms with Crippen molar-refractivity contribution in [1.82, 2.24) is 0 Å². The van der Waals surface area contributed by atoms with Crippen LogP contribution in [-0.2, 0) is 9.53 Å². The van der Waals surface area contributed by atoms with Gasteiger partial charge < -0.3 is 10.1 Å². The monoisotopic (exact) mass is 321 g/mol. The highest BCUT2D eigenvalue weighted by molar-refractivity contribution is 6.31. The van der Waals surface area contributed by atoms with E-state index in [2.05, 4.69) is 5.32 Å². The Morgan fingerprint density at radius 2 is 1.95 bits per heavy atom. The number of nitrogens with one attached hydrogen (secondary N) is 1. The quantitative estimate of drug-likeness (QED) is 0.876. The van der Waals surface area contributed by atoms with Gasteiger partial charge in [-0.1, -0.05) is 29.8 Å². The third kappa shape index (κ3) is 4.05. The van der Waals surface area contributed by atoms with Crippen LogP contribution in [0, 0.1) is 12.7 Å². The zero-order valence-corrected chi connectivity index (χ0v) is 12.5. The van der Waals surface area contributed by atoms with Crippen molar-refractivity contribution in [3.63, 3.8) is 0 Å². The lowest BCUT2D eigenvalue weighted by Gasteiger charge is -2.08. The largest absolute Gasteiger partial charge is 0.452 e. The number of amides is 1. The van der Waals surface area contributed by atoms with Crippen molar-refractivity contribution in [3.8, 4) is 0 Å². The fourth-order valence-electron chi connectivity index (χ4n) is 1.78. The van der Waals surface area contributed by atoms with E-state index in [4.69, 9.17) is 16.3 Å². The van der Waals surface area contributed by atoms with Gasteiger partial charge in [-0.3, -0.25) is 4.79 Å². The highest BCUT2D eigenvalue weighted by atomic mass is 35.5. The molecular formula is C16H13ClFNO3. The highest BCUT2D eigenvalue weighted by Crippen LogP contribution is 2.19.